The molecule has 0 atom stereocenters. The standard InChI is InChI=1S/C16H11IN2O2/c17-12-7-5-11(6-8-12)15(20)9-21-16-13-3-1-2-4-14(13)18-10-19-16/h1-8,10H,9H2. The molecule has 0 saturated carbocycles. The van der Waals surface area contributed by atoms with E-state index in [4.69, 9.17) is 4.74 Å². The molecular formula is C16H11IN2O2. The van der Waals surface area contributed by atoms with Crippen LogP contribution in [0.4, 0.5) is 0 Å². The summed E-state index contributed by atoms with van der Waals surface area (Å²) in [6, 6.07) is 14.9. The maximum atomic E-state index is 12.1. The molecule has 0 radical (unpaired) electrons. The summed E-state index contributed by atoms with van der Waals surface area (Å²) in [4.78, 5) is 20.4. The smallest absolute Gasteiger partial charge is 0.224 e. The number of rotatable bonds is 4. The van der Waals surface area contributed by atoms with Gasteiger partial charge in [0.2, 0.25) is 5.88 Å². The molecule has 5 heteroatoms. The number of hydrogen-bond donors (Lipinski definition) is 0. The van der Waals surface area contributed by atoms with Crippen LogP contribution >= 0.6 is 22.6 Å². The Labute approximate surface area is 135 Å². The fourth-order valence-electron chi connectivity index (χ4n) is 1.95. The van der Waals surface area contributed by atoms with E-state index >= 15 is 0 Å². The number of para-hydroxylation sites is 1. The topological polar surface area (TPSA) is 52.1 Å². The van der Waals surface area contributed by atoms with Gasteiger partial charge in [-0.1, -0.05) is 24.3 Å². The monoisotopic (exact) mass is 390 g/mol. The van der Waals surface area contributed by atoms with Gasteiger partial charge in [0, 0.05) is 9.13 Å². The van der Waals surface area contributed by atoms with Crippen molar-refractivity contribution in [3.8, 4) is 5.88 Å². The van der Waals surface area contributed by atoms with Crippen LogP contribution in [0, 0.1) is 3.57 Å². The molecule has 0 amide bonds. The maximum absolute atomic E-state index is 12.1. The van der Waals surface area contributed by atoms with E-state index in [2.05, 4.69) is 32.6 Å². The van der Waals surface area contributed by atoms with Crippen LogP contribution in [0.25, 0.3) is 10.9 Å². The van der Waals surface area contributed by atoms with Gasteiger partial charge in [0.25, 0.3) is 0 Å². The van der Waals surface area contributed by atoms with Crippen LogP contribution in [0.15, 0.2) is 54.9 Å². The molecule has 1 heterocycles. The van der Waals surface area contributed by atoms with Crippen LogP contribution in [0.3, 0.4) is 0 Å². The van der Waals surface area contributed by atoms with E-state index in [9.17, 15) is 4.79 Å². The molecule has 104 valence electrons. The highest BCUT2D eigenvalue weighted by Gasteiger charge is 2.09. The second kappa shape index (κ2) is 6.17. The number of nitrogens with zero attached hydrogens (tertiary/aromatic N) is 2. The predicted octanol–water partition coefficient (Wildman–Crippen LogP) is 3.50. The number of ketones is 1. The summed E-state index contributed by atoms with van der Waals surface area (Å²) < 4.78 is 6.65. The molecule has 0 unspecified atom stereocenters. The van der Waals surface area contributed by atoms with Crippen molar-refractivity contribution in [1.82, 2.24) is 9.97 Å². The molecule has 0 aliphatic carbocycles. The number of halogens is 1. The Hall–Kier alpha value is -2.02. The quantitative estimate of drug-likeness (QED) is 0.506. The minimum absolute atomic E-state index is 0.0401. The first-order valence-corrected chi connectivity index (χ1v) is 7.43. The number of ether oxygens (including phenoxy) is 1. The van der Waals surface area contributed by atoms with E-state index in [1.54, 1.807) is 12.1 Å². The fourth-order valence-corrected chi connectivity index (χ4v) is 2.31. The highest BCUT2D eigenvalue weighted by molar-refractivity contribution is 14.1. The summed E-state index contributed by atoms with van der Waals surface area (Å²) in [7, 11) is 0. The first-order chi connectivity index (χ1) is 10.2. The SMILES string of the molecule is O=C(COc1ncnc2ccccc12)c1ccc(I)cc1. The van der Waals surface area contributed by atoms with Crippen LogP contribution in [0.2, 0.25) is 0 Å². The largest absolute Gasteiger partial charge is 0.469 e. The Bertz CT molecular complexity index is 782. The molecule has 0 saturated heterocycles. The van der Waals surface area contributed by atoms with Gasteiger partial charge in [0.05, 0.1) is 10.9 Å². The van der Waals surface area contributed by atoms with E-state index in [1.807, 2.05) is 36.4 Å². The average Bonchev–Trinajstić information content (AvgIpc) is 2.53. The molecule has 0 bridgehead atoms. The Balaban J connectivity index is 1.77. The highest BCUT2D eigenvalue weighted by Crippen LogP contribution is 2.20. The fraction of sp³-hybridized carbons (Fsp3) is 0.0625. The van der Waals surface area contributed by atoms with Crippen molar-refractivity contribution in [2.45, 2.75) is 0 Å². The number of Topliss-reactive ketones (excluding diaryl/α,β-unsaturated/α-hetero) is 1. The number of carbonyl (C=O) groups excluding carboxylic acids is 1. The first kappa shape index (κ1) is 13.9. The molecular weight excluding hydrogens is 379 g/mol. The molecule has 2 aromatic carbocycles. The summed E-state index contributed by atoms with van der Waals surface area (Å²) in [5.41, 5.74) is 1.43. The Morgan fingerprint density at radius 1 is 1.05 bits per heavy atom. The van der Waals surface area contributed by atoms with Crippen LogP contribution in [0.1, 0.15) is 10.4 Å². The zero-order valence-corrected chi connectivity index (χ0v) is 13.1. The molecule has 0 aliphatic rings. The van der Waals surface area contributed by atoms with E-state index in [0.717, 1.165) is 14.5 Å². The van der Waals surface area contributed by atoms with Crippen molar-refractivity contribution < 1.29 is 9.53 Å². The van der Waals surface area contributed by atoms with Gasteiger partial charge in [-0.25, -0.2) is 9.97 Å². The molecule has 3 aromatic rings. The Morgan fingerprint density at radius 3 is 2.62 bits per heavy atom. The average molecular weight is 390 g/mol. The van der Waals surface area contributed by atoms with Gasteiger partial charge in [-0.3, -0.25) is 4.79 Å². The lowest BCUT2D eigenvalue weighted by atomic mass is 10.1. The summed E-state index contributed by atoms with van der Waals surface area (Å²) in [6.45, 7) is -0.0401. The number of carbonyl (C=O) groups is 1. The van der Waals surface area contributed by atoms with Crippen LogP contribution in [0.5, 0.6) is 5.88 Å². The van der Waals surface area contributed by atoms with E-state index in [1.165, 1.54) is 6.33 Å². The third-order valence-electron chi connectivity index (χ3n) is 3.01. The summed E-state index contributed by atoms with van der Waals surface area (Å²) in [5.74, 6) is 0.355. The van der Waals surface area contributed by atoms with Crippen molar-refractivity contribution in [2.24, 2.45) is 0 Å². The third kappa shape index (κ3) is 3.18. The van der Waals surface area contributed by atoms with Crippen LogP contribution in [-0.4, -0.2) is 22.4 Å². The lowest BCUT2D eigenvalue weighted by Crippen LogP contribution is -2.12. The number of fused-ring (bicyclic) bond motifs is 1. The Morgan fingerprint density at radius 2 is 1.81 bits per heavy atom. The molecule has 21 heavy (non-hydrogen) atoms. The molecule has 0 spiro atoms. The molecule has 0 aliphatic heterocycles. The van der Waals surface area contributed by atoms with Gasteiger partial charge < -0.3 is 4.74 Å². The van der Waals surface area contributed by atoms with Gasteiger partial charge in [-0.15, -0.1) is 0 Å². The predicted molar refractivity (Wildman–Crippen MR) is 88.5 cm³/mol. The molecule has 0 fully saturated rings. The van der Waals surface area contributed by atoms with Crippen molar-refractivity contribution in [1.29, 1.82) is 0 Å². The second-order valence-electron chi connectivity index (χ2n) is 4.41. The van der Waals surface area contributed by atoms with Crippen LogP contribution in [-0.2, 0) is 0 Å². The lowest BCUT2D eigenvalue weighted by Gasteiger charge is -2.07. The minimum Gasteiger partial charge on any atom is -0.469 e. The first-order valence-electron chi connectivity index (χ1n) is 6.35. The molecule has 4 nitrogen and oxygen atoms in total. The maximum Gasteiger partial charge on any atom is 0.224 e. The van der Waals surface area contributed by atoms with Gasteiger partial charge in [0.15, 0.2) is 12.4 Å². The van der Waals surface area contributed by atoms with Crippen molar-refractivity contribution in [3.63, 3.8) is 0 Å². The summed E-state index contributed by atoms with van der Waals surface area (Å²) in [6.07, 6.45) is 1.44. The van der Waals surface area contributed by atoms with Crippen molar-refractivity contribution in [2.75, 3.05) is 6.61 Å². The lowest BCUT2D eigenvalue weighted by molar-refractivity contribution is 0.0919. The molecule has 0 N–H and O–H groups in total. The number of benzene rings is 2. The highest BCUT2D eigenvalue weighted by atomic mass is 127. The zero-order valence-electron chi connectivity index (χ0n) is 11.0. The van der Waals surface area contributed by atoms with E-state index in [-0.39, 0.29) is 12.4 Å². The van der Waals surface area contributed by atoms with Gasteiger partial charge in [-0.2, -0.15) is 0 Å². The van der Waals surface area contributed by atoms with E-state index < -0.39 is 0 Å². The normalized spacial score (nSPS) is 10.5. The third-order valence-corrected chi connectivity index (χ3v) is 3.73. The molecule has 1 aromatic heterocycles. The summed E-state index contributed by atoms with van der Waals surface area (Å²) in [5, 5.41) is 0.801. The minimum atomic E-state index is -0.0749. The van der Waals surface area contributed by atoms with Gasteiger partial charge >= 0.3 is 0 Å². The Kier molecular flexibility index (Phi) is 4.10. The van der Waals surface area contributed by atoms with Gasteiger partial charge in [-0.05, 0) is 46.9 Å². The van der Waals surface area contributed by atoms with Crippen molar-refractivity contribution in [3.05, 3.63) is 64.0 Å². The number of aromatic nitrogens is 2. The number of hydrogen-bond acceptors (Lipinski definition) is 4. The van der Waals surface area contributed by atoms with Gasteiger partial charge in [0.1, 0.15) is 6.33 Å². The zero-order chi connectivity index (χ0) is 14.7. The van der Waals surface area contributed by atoms with E-state index in [0.29, 0.717) is 11.4 Å². The summed E-state index contributed by atoms with van der Waals surface area (Å²) >= 11 is 2.20. The molecule has 3 rings (SSSR count). The second-order valence-corrected chi connectivity index (χ2v) is 5.66. The van der Waals surface area contributed by atoms with Crippen molar-refractivity contribution >= 4 is 39.3 Å². The van der Waals surface area contributed by atoms with Crippen LogP contribution < -0.4 is 4.74 Å².